The second-order valence-electron chi connectivity index (χ2n) is 3.44. The summed E-state index contributed by atoms with van der Waals surface area (Å²) in [6, 6.07) is 4.46. The number of pyridine rings is 1. The fourth-order valence-corrected chi connectivity index (χ4v) is 1.32. The molecule has 5 nitrogen and oxygen atoms in total. The van der Waals surface area contributed by atoms with Gasteiger partial charge in [-0.3, -0.25) is 9.48 Å². The fourth-order valence-electron chi connectivity index (χ4n) is 1.32. The van der Waals surface area contributed by atoms with E-state index in [4.69, 9.17) is 0 Å². The van der Waals surface area contributed by atoms with Crippen LogP contribution in [0.15, 0.2) is 36.8 Å². The van der Waals surface area contributed by atoms with Crippen LogP contribution in [0, 0.1) is 5.95 Å². The molecule has 2 heterocycles. The van der Waals surface area contributed by atoms with Crippen molar-refractivity contribution < 1.29 is 9.18 Å². The molecule has 0 saturated heterocycles. The van der Waals surface area contributed by atoms with Crippen LogP contribution in [0.3, 0.4) is 0 Å². The van der Waals surface area contributed by atoms with E-state index >= 15 is 0 Å². The minimum atomic E-state index is -0.570. The van der Waals surface area contributed by atoms with Crippen molar-refractivity contribution in [2.45, 2.75) is 13.0 Å². The lowest BCUT2D eigenvalue weighted by Crippen LogP contribution is -2.14. The third kappa shape index (κ3) is 3.37. The minimum absolute atomic E-state index is 0.158. The van der Waals surface area contributed by atoms with Gasteiger partial charge >= 0.3 is 0 Å². The normalized spacial score (nSPS) is 10.2. The minimum Gasteiger partial charge on any atom is -0.325 e. The molecule has 0 radical (unpaired) electrons. The van der Waals surface area contributed by atoms with E-state index in [1.807, 2.05) is 0 Å². The number of hydrogen-bond acceptors (Lipinski definition) is 3. The molecule has 0 aromatic carbocycles. The van der Waals surface area contributed by atoms with Crippen molar-refractivity contribution in [2.75, 3.05) is 5.32 Å². The van der Waals surface area contributed by atoms with Gasteiger partial charge in [-0.1, -0.05) is 0 Å². The second-order valence-corrected chi connectivity index (χ2v) is 3.44. The van der Waals surface area contributed by atoms with Crippen molar-refractivity contribution >= 4 is 11.6 Å². The monoisotopic (exact) mass is 234 g/mol. The SMILES string of the molecule is O=C(CCn1cccn1)Nc1ccc(F)nc1. The lowest BCUT2D eigenvalue weighted by molar-refractivity contribution is -0.116. The summed E-state index contributed by atoms with van der Waals surface area (Å²) in [5.74, 6) is -0.728. The number of nitrogens with one attached hydrogen (secondary N) is 1. The van der Waals surface area contributed by atoms with Gasteiger partial charge < -0.3 is 5.32 Å². The topological polar surface area (TPSA) is 59.8 Å². The molecule has 1 N–H and O–H groups in total. The van der Waals surface area contributed by atoms with Gasteiger partial charge in [-0.25, -0.2) is 4.98 Å². The Morgan fingerprint density at radius 1 is 1.47 bits per heavy atom. The molecule has 0 atom stereocenters. The summed E-state index contributed by atoms with van der Waals surface area (Å²) < 4.78 is 14.2. The highest BCUT2D eigenvalue weighted by Crippen LogP contribution is 2.05. The molecule has 0 aliphatic heterocycles. The average molecular weight is 234 g/mol. The smallest absolute Gasteiger partial charge is 0.226 e. The van der Waals surface area contributed by atoms with Gasteiger partial charge in [0.2, 0.25) is 11.9 Å². The van der Waals surface area contributed by atoms with Crippen LogP contribution in [0.25, 0.3) is 0 Å². The van der Waals surface area contributed by atoms with Gasteiger partial charge in [0.1, 0.15) is 0 Å². The summed E-state index contributed by atoms with van der Waals surface area (Å²) in [7, 11) is 0. The quantitative estimate of drug-likeness (QED) is 0.814. The van der Waals surface area contributed by atoms with Crippen molar-refractivity contribution in [1.29, 1.82) is 0 Å². The second kappa shape index (κ2) is 5.20. The zero-order valence-corrected chi connectivity index (χ0v) is 9.01. The maximum Gasteiger partial charge on any atom is 0.226 e. The summed E-state index contributed by atoms with van der Waals surface area (Å²) in [6.07, 6.45) is 5.02. The standard InChI is InChI=1S/C11H11FN4O/c12-10-3-2-9(8-13-10)15-11(17)4-7-16-6-1-5-14-16/h1-3,5-6,8H,4,7H2,(H,15,17). The van der Waals surface area contributed by atoms with Crippen LogP contribution in [-0.4, -0.2) is 20.7 Å². The van der Waals surface area contributed by atoms with Crippen LogP contribution >= 0.6 is 0 Å². The molecule has 0 fully saturated rings. The molecule has 0 unspecified atom stereocenters. The molecule has 2 aromatic heterocycles. The molecule has 0 aliphatic carbocycles. The molecular weight excluding hydrogens is 223 g/mol. The van der Waals surface area contributed by atoms with Gasteiger partial charge in [-0.2, -0.15) is 9.49 Å². The van der Waals surface area contributed by atoms with Gasteiger partial charge in [0.25, 0.3) is 0 Å². The highest BCUT2D eigenvalue weighted by Gasteiger charge is 2.03. The van der Waals surface area contributed by atoms with Crippen LogP contribution in [-0.2, 0) is 11.3 Å². The number of amides is 1. The van der Waals surface area contributed by atoms with E-state index in [1.54, 1.807) is 23.1 Å². The number of carbonyl (C=O) groups is 1. The van der Waals surface area contributed by atoms with Crippen molar-refractivity contribution in [2.24, 2.45) is 0 Å². The lowest BCUT2D eigenvalue weighted by Gasteiger charge is -2.04. The molecule has 6 heteroatoms. The predicted octanol–water partition coefficient (Wildman–Crippen LogP) is 1.45. The number of aryl methyl sites for hydroxylation is 1. The Labute approximate surface area is 97.3 Å². The van der Waals surface area contributed by atoms with Gasteiger partial charge in [-0.15, -0.1) is 0 Å². The van der Waals surface area contributed by atoms with E-state index in [0.29, 0.717) is 18.7 Å². The first-order valence-corrected chi connectivity index (χ1v) is 5.13. The first kappa shape index (κ1) is 11.3. The summed E-state index contributed by atoms with van der Waals surface area (Å²) in [6.45, 7) is 0.507. The van der Waals surface area contributed by atoms with E-state index in [9.17, 15) is 9.18 Å². The van der Waals surface area contributed by atoms with E-state index in [1.165, 1.54) is 18.3 Å². The highest BCUT2D eigenvalue weighted by atomic mass is 19.1. The van der Waals surface area contributed by atoms with E-state index in [0.717, 1.165) is 0 Å². The number of rotatable bonds is 4. The molecule has 2 aromatic rings. The average Bonchev–Trinajstić information content (AvgIpc) is 2.83. The molecule has 0 bridgehead atoms. The van der Waals surface area contributed by atoms with Gasteiger partial charge in [-0.05, 0) is 18.2 Å². The summed E-state index contributed by atoms with van der Waals surface area (Å²) in [5, 5.41) is 6.60. The predicted molar refractivity (Wildman–Crippen MR) is 59.7 cm³/mol. The van der Waals surface area contributed by atoms with Crippen LogP contribution in [0.4, 0.5) is 10.1 Å². The zero-order chi connectivity index (χ0) is 12.1. The molecule has 0 saturated carbocycles. The van der Waals surface area contributed by atoms with E-state index in [-0.39, 0.29) is 5.91 Å². The Kier molecular flexibility index (Phi) is 3.44. The number of carbonyl (C=O) groups excluding carboxylic acids is 1. The Bertz CT molecular complexity index is 481. The maximum atomic E-state index is 12.5. The van der Waals surface area contributed by atoms with Crippen molar-refractivity contribution in [3.8, 4) is 0 Å². The summed E-state index contributed by atoms with van der Waals surface area (Å²) >= 11 is 0. The van der Waals surface area contributed by atoms with Crippen molar-refractivity contribution in [3.05, 3.63) is 42.7 Å². The molecule has 0 spiro atoms. The van der Waals surface area contributed by atoms with Gasteiger partial charge in [0, 0.05) is 25.4 Å². The fraction of sp³-hybridized carbons (Fsp3) is 0.182. The largest absolute Gasteiger partial charge is 0.325 e. The molecule has 88 valence electrons. The van der Waals surface area contributed by atoms with Crippen LogP contribution in [0.5, 0.6) is 0 Å². The van der Waals surface area contributed by atoms with Crippen LogP contribution in [0.1, 0.15) is 6.42 Å². The van der Waals surface area contributed by atoms with Gasteiger partial charge in [0.05, 0.1) is 11.9 Å². The third-order valence-corrected chi connectivity index (χ3v) is 2.14. The molecule has 17 heavy (non-hydrogen) atoms. The van der Waals surface area contributed by atoms with Crippen molar-refractivity contribution in [1.82, 2.24) is 14.8 Å². The van der Waals surface area contributed by atoms with Crippen LogP contribution in [0.2, 0.25) is 0 Å². The number of anilines is 1. The molecular formula is C11H11FN4O. The highest BCUT2D eigenvalue weighted by molar-refractivity contribution is 5.90. The number of hydrogen-bond donors (Lipinski definition) is 1. The molecule has 1 amide bonds. The van der Waals surface area contributed by atoms with E-state index < -0.39 is 5.95 Å². The number of halogens is 1. The first-order valence-electron chi connectivity index (χ1n) is 5.13. The lowest BCUT2D eigenvalue weighted by atomic mass is 10.3. The Morgan fingerprint density at radius 2 is 2.35 bits per heavy atom. The Morgan fingerprint density at radius 3 is 3.00 bits per heavy atom. The summed E-state index contributed by atoms with van der Waals surface area (Å²) in [5.41, 5.74) is 0.483. The first-order chi connectivity index (χ1) is 8.24. The van der Waals surface area contributed by atoms with Crippen LogP contribution < -0.4 is 5.32 Å². The van der Waals surface area contributed by atoms with Crippen molar-refractivity contribution in [3.63, 3.8) is 0 Å². The third-order valence-electron chi connectivity index (χ3n) is 2.14. The summed E-state index contributed by atoms with van der Waals surface area (Å²) in [4.78, 5) is 15.0. The Hall–Kier alpha value is -2.24. The van der Waals surface area contributed by atoms with E-state index in [2.05, 4.69) is 15.4 Å². The number of nitrogens with zero attached hydrogens (tertiary/aromatic N) is 3. The maximum absolute atomic E-state index is 12.5. The number of aromatic nitrogens is 3. The van der Waals surface area contributed by atoms with Gasteiger partial charge in [0.15, 0.2) is 0 Å². The zero-order valence-electron chi connectivity index (χ0n) is 9.01. The molecule has 0 aliphatic rings. The Balaban J connectivity index is 1.83. The molecule has 2 rings (SSSR count).